The number of fused-ring (bicyclic) bond motifs is 3. The maximum absolute atomic E-state index is 12.9. The van der Waals surface area contributed by atoms with Gasteiger partial charge in [-0.05, 0) is 42.2 Å². The first-order valence-electron chi connectivity index (χ1n) is 10.8. The molecule has 33 heavy (non-hydrogen) atoms. The standard InChI is InChI=1S/C26H22N2O5/c29-25-21-11-12-23-22(16-27(17-32-23)13-5-9-18-6-2-1-3-7-18)26(21)33-24(25)15-19-8-4-10-20(14-19)28(30)31/h1-4,6-8,10-12,14-15H,5,9,13,16-17H2/b24-15-. The highest BCUT2D eigenvalue weighted by Crippen LogP contribution is 2.42. The van der Waals surface area contributed by atoms with Crippen molar-refractivity contribution in [1.29, 1.82) is 0 Å². The molecule has 0 radical (unpaired) electrons. The minimum absolute atomic E-state index is 0.0377. The number of carbonyl (C=O) groups is 1. The summed E-state index contributed by atoms with van der Waals surface area (Å²) in [6.45, 7) is 1.98. The average molecular weight is 442 g/mol. The number of Topliss-reactive ketones (excluding diaryl/α,β-unsaturated/α-hetero) is 1. The Balaban J connectivity index is 1.32. The molecule has 0 aromatic heterocycles. The van der Waals surface area contributed by atoms with Crippen molar-refractivity contribution in [3.05, 3.63) is 105 Å². The van der Waals surface area contributed by atoms with E-state index >= 15 is 0 Å². The van der Waals surface area contributed by atoms with Crippen molar-refractivity contribution in [2.75, 3.05) is 13.3 Å². The summed E-state index contributed by atoms with van der Waals surface area (Å²) in [5, 5.41) is 11.0. The normalized spacial score (nSPS) is 16.1. The molecule has 0 N–H and O–H groups in total. The van der Waals surface area contributed by atoms with E-state index < -0.39 is 4.92 Å². The second kappa shape index (κ2) is 8.88. The van der Waals surface area contributed by atoms with Crippen LogP contribution in [0.2, 0.25) is 0 Å². The van der Waals surface area contributed by atoms with Crippen LogP contribution >= 0.6 is 0 Å². The van der Waals surface area contributed by atoms with Crippen LogP contribution in [0.3, 0.4) is 0 Å². The van der Waals surface area contributed by atoms with Crippen LogP contribution in [0.15, 0.2) is 72.5 Å². The van der Waals surface area contributed by atoms with Gasteiger partial charge in [-0.3, -0.25) is 19.8 Å². The molecule has 0 spiro atoms. The molecule has 7 heteroatoms. The first-order valence-corrected chi connectivity index (χ1v) is 10.8. The zero-order valence-corrected chi connectivity index (χ0v) is 17.9. The van der Waals surface area contributed by atoms with Gasteiger partial charge in [-0.1, -0.05) is 42.5 Å². The molecule has 0 atom stereocenters. The Kier molecular flexibility index (Phi) is 5.62. The molecule has 0 fully saturated rings. The number of ketones is 1. The second-order valence-corrected chi connectivity index (χ2v) is 8.13. The fourth-order valence-electron chi connectivity index (χ4n) is 4.18. The van der Waals surface area contributed by atoms with Gasteiger partial charge in [0.25, 0.3) is 5.69 Å². The van der Waals surface area contributed by atoms with Crippen molar-refractivity contribution in [3.8, 4) is 11.5 Å². The van der Waals surface area contributed by atoms with Gasteiger partial charge in [0.05, 0.1) is 16.1 Å². The molecule has 0 aliphatic carbocycles. The first kappa shape index (κ1) is 20.9. The zero-order chi connectivity index (χ0) is 22.8. The van der Waals surface area contributed by atoms with Crippen LogP contribution in [-0.4, -0.2) is 28.9 Å². The molecular formula is C26H22N2O5. The van der Waals surface area contributed by atoms with Gasteiger partial charge in [-0.15, -0.1) is 0 Å². The number of hydrogen-bond acceptors (Lipinski definition) is 6. The third kappa shape index (κ3) is 4.36. The molecule has 7 nitrogen and oxygen atoms in total. The van der Waals surface area contributed by atoms with Crippen LogP contribution in [0.5, 0.6) is 11.5 Å². The number of hydrogen-bond donors (Lipinski definition) is 0. The van der Waals surface area contributed by atoms with Crippen molar-refractivity contribution in [3.63, 3.8) is 0 Å². The van der Waals surface area contributed by atoms with E-state index in [1.807, 2.05) is 24.3 Å². The molecule has 2 heterocycles. The van der Waals surface area contributed by atoms with Gasteiger partial charge in [-0.2, -0.15) is 0 Å². The van der Waals surface area contributed by atoms with Crippen molar-refractivity contribution >= 4 is 17.5 Å². The molecule has 166 valence electrons. The monoisotopic (exact) mass is 442 g/mol. The highest BCUT2D eigenvalue weighted by atomic mass is 16.6. The van der Waals surface area contributed by atoms with E-state index in [0.29, 0.717) is 30.2 Å². The summed E-state index contributed by atoms with van der Waals surface area (Å²) < 4.78 is 11.9. The fourth-order valence-corrected chi connectivity index (χ4v) is 4.18. The molecule has 3 aromatic carbocycles. The quantitative estimate of drug-likeness (QED) is 0.304. The third-order valence-corrected chi connectivity index (χ3v) is 5.84. The van der Waals surface area contributed by atoms with Crippen molar-refractivity contribution < 1.29 is 19.2 Å². The van der Waals surface area contributed by atoms with Gasteiger partial charge in [0.1, 0.15) is 18.2 Å². The van der Waals surface area contributed by atoms with Gasteiger partial charge in [0.2, 0.25) is 5.78 Å². The predicted octanol–water partition coefficient (Wildman–Crippen LogP) is 5.00. The SMILES string of the molecule is O=C1/C(=C/c2cccc([N+](=O)[O-])c2)Oc2c1ccc1c2CN(CCCc2ccccc2)CO1. The van der Waals surface area contributed by atoms with Gasteiger partial charge >= 0.3 is 0 Å². The fraction of sp³-hybridized carbons (Fsp3) is 0.192. The predicted molar refractivity (Wildman–Crippen MR) is 123 cm³/mol. The Hall–Kier alpha value is -3.97. The van der Waals surface area contributed by atoms with E-state index in [1.165, 1.54) is 17.7 Å². The molecule has 0 saturated carbocycles. The molecule has 2 aliphatic rings. The lowest BCUT2D eigenvalue weighted by atomic mass is 10.0. The Labute approximate surface area is 191 Å². The van der Waals surface area contributed by atoms with Crippen molar-refractivity contribution in [1.82, 2.24) is 4.90 Å². The number of allylic oxidation sites excluding steroid dienone is 1. The maximum Gasteiger partial charge on any atom is 0.270 e. The number of benzene rings is 3. The lowest BCUT2D eigenvalue weighted by Gasteiger charge is -2.29. The number of nitrogens with zero attached hydrogens (tertiary/aromatic N) is 2. The molecule has 5 rings (SSSR count). The number of carbonyl (C=O) groups excluding carboxylic acids is 1. The lowest BCUT2D eigenvalue weighted by molar-refractivity contribution is -0.384. The first-order chi connectivity index (χ1) is 16.1. The van der Waals surface area contributed by atoms with Crippen LogP contribution in [0.25, 0.3) is 6.08 Å². The number of non-ortho nitro benzene ring substituents is 1. The highest BCUT2D eigenvalue weighted by molar-refractivity contribution is 6.15. The van der Waals surface area contributed by atoms with E-state index in [1.54, 1.807) is 24.3 Å². The Bertz CT molecular complexity index is 1250. The summed E-state index contributed by atoms with van der Waals surface area (Å²) in [7, 11) is 0. The minimum Gasteiger partial charge on any atom is -0.478 e. The average Bonchev–Trinajstić information content (AvgIpc) is 3.15. The summed E-state index contributed by atoms with van der Waals surface area (Å²) in [6.07, 6.45) is 3.53. The number of nitro benzene ring substituents is 1. The van der Waals surface area contributed by atoms with E-state index in [0.717, 1.165) is 30.7 Å². The Morgan fingerprint density at radius 2 is 1.91 bits per heavy atom. The van der Waals surface area contributed by atoms with Gasteiger partial charge in [-0.25, -0.2) is 0 Å². The highest BCUT2D eigenvalue weighted by Gasteiger charge is 2.33. The Morgan fingerprint density at radius 3 is 2.73 bits per heavy atom. The van der Waals surface area contributed by atoms with Crippen molar-refractivity contribution in [2.24, 2.45) is 0 Å². The van der Waals surface area contributed by atoms with Crippen LogP contribution in [0.4, 0.5) is 5.69 Å². The largest absolute Gasteiger partial charge is 0.478 e. The maximum atomic E-state index is 12.9. The van der Waals surface area contributed by atoms with E-state index in [9.17, 15) is 14.9 Å². The third-order valence-electron chi connectivity index (χ3n) is 5.84. The number of nitro groups is 1. The molecule has 0 unspecified atom stereocenters. The molecule has 0 amide bonds. The second-order valence-electron chi connectivity index (χ2n) is 8.13. The van der Waals surface area contributed by atoms with E-state index in [2.05, 4.69) is 17.0 Å². The van der Waals surface area contributed by atoms with Crippen LogP contribution in [0.1, 0.15) is 33.5 Å². The van der Waals surface area contributed by atoms with Crippen molar-refractivity contribution in [2.45, 2.75) is 19.4 Å². The lowest BCUT2D eigenvalue weighted by Crippen LogP contribution is -2.33. The molecular weight excluding hydrogens is 420 g/mol. The van der Waals surface area contributed by atoms with Gasteiger partial charge in [0, 0.05) is 25.2 Å². The molecule has 0 saturated heterocycles. The molecule has 2 aliphatic heterocycles. The molecule has 3 aromatic rings. The number of rotatable bonds is 6. The summed E-state index contributed by atoms with van der Waals surface area (Å²) in [4.78, 5) is 25.7. The summed E-state index contributed by atoms with van der Waals surface area (Å²) in [6, 6.07) is 20.0. The smallest absolute Gasteiger partial charge is 0.270 e. The number of aryl methyl sites for hydroxylation is 1. The zero-order valence-electron chi connectivity index (χ0n) is 17.9. The van der Waals surface area contributed by atoms with Crippen LogP contribution in [-0.2, 0) is 13.0 Å². The summed E-state index contributed by atoms with van der Waals surface area (Å²) in [5.74, 6) is 1.15. The van der Waals surface area contributed by atoms with Gasteiger partial charge in [0.15, 0.2) is 5.76 Å². The van der Waals surface area contributed by atoms with Crippen LogP contribution < -0.4 is 9.47 Å². The van der Waals surface area contributed by atoms with E-state index in [-0.39, 0.29) is 17.2 Å². The minimum atomic E-state index is -0.464. The van der Waals surface area contributed by atoms with Gasteiger partial charge < -0.3 is 9.47 Å². The van der Waals surface area contributed by atoms with Crippen LogP contribution in [0, 0.1) is 10.1 Å². The number of ether oxygens (including phenoxy) is 2. The molecule has 0 bridgehead atoms. The summed E-state index contributed by atoms with van der Waals surface area (Å²) in [5.41, 5.74) is 3.15. The van der Waals surface area contributed by atoms with E-state index in [4.69, 9.17) is 9.47 Å². The Morgan fingerprint density at radius 1 is 1.06 bits per heavy atom. The topological polar surface area (TPSA) is 81.9 Å². The summed E-state index contributed by atoms with van der Waals surface area (Å²) >= 11 is 0.